The van der Waals surface area contributed by atoms with E-state index in [2.05, 4.69) is 12.2 Å². The minimum atomic E-state index is -2.63. The fraction of sp³-hybridized carbons (Fsp3) is 0.571. The lowest BCUT2D eigenvalue weighted by atomic mass is 10.3. The van der Waals surface area contributed by atoms with E-state index in [1.165, 1.54) is 0 Å². The minimum absolute atomic E-state index is 0.156. The molecule has 1 aliphatic carbocycles. The van der Waals surface area contributed by atoms with E-state index < -0.39 is 11.5 Å². The van der Waals surface area contributed by atoms with Crippen molar-refractivity contribution in [1.82, 2.24) is 0 Å². The van der Waals surface area contributed by atoms with Crippen LogP contribution >= 0.6 is 12.2 Å². The minimum Gasteiger partial charge on any atom is -0.478 e. The fourth-order valence-corrected chi connectivity index (χ4v) is 1.04. The number of rotatable bonds is 2. The van der Waals surface area contributed by atoms with E-state index in [1.54, 1.807) is 0 Å². The summed E-state index contributed by atoms with van der Waals surface area (Å²) in [5, 5.41) is -0.585. The molecule has 4 heteroatoms. The summed E-state index contributed by atoms with van der Waals surface area (Å²) in [6.45, 7) is 0. The van der Waals surface area contributed by atoms with Crippen molar-refractivity contribution >= 4 is 17.3 Å². The predicted octanol–water partition coefficient (Wildman–Crippen LogP) is 2.31. The summed E-state index contributed by atoms with van der Waals surface area (Å²) in [4.78, 5) is 0. The smallest absolute Gasteiger partial charge is 0.305 e. The lowest BCUT2D eigenvalue weighted by Gasteiger charge is -2.12. The van der Waals surface area contributed by atoms with Crippen molar-refractivity contribution in [3.05, 3.63) is 12.2 Å². The molecular weight excluding hydrogens is 170 g/mol. The van der Waals surface area contributed by atoms with Gasteiger partial charge in [0.1, 0.15) is 6.10 Å². The van der Waals surface area contributed by atoms with Gasteiger partial charge in [-0.05, 0) is 12.2 Å². The van der Waals surface area contributed by atoms with Crippen LogP contribution in [0.5, 0.6) is 0 Å². The van der Waals surface area contributed by atoms with Crippen LogP contribution in [0.1, 0.15) is 12.8 Å². The summed E-state index contributed by atoms with van der Waals surface area (Å²) in [5.74, 6) is 0. The monoisotopic (exact) mass is 178 g/mol. The van der Waals surface area contributed by atoms with Crippen LogP contribution in [0, 0.1) is 0 Å². The third-order valence-corrected chi connectivity index (χ3v) is 1.70. The maximum atomic E-state index is 11.8. The van der Waals surface area contributed by atoms with E-state index in [0.717, 1.165) is 0 Å². The SMILES string of the molecule is FC(F)C(=S)OC1CC=CC1. The van der Waals surface area contributed by atoms with Crippen LogP contribution in [0.2, 0.25) is 0 Å². The molecule has 11 heavy (non-hydrogen) atoms. The molecular formula is C7H8F2OS. The first-order valence-corrected chi connectivity index (χ1v) is 3.74. The molecule has 1 aliphatic rings. The summed E-state index contributed by atoms with van der Waals surface area (Å²) in [6, 6.07) is 0. The maximum absolute atomic E-state index is 11.8. The Labute approximate surface area is 69.0 Å². The Hall–Kier alpha value is -0.510. The van der Waals surface area contributed by atoms with E-state index in [0.29, 0.717) is 12.8 Å². The average molecular weight is 178 g/mol. The molecule has 0 saturated heterocycles. The van der Waals surface area contributed by atoms with Gasteiger partial charge in [-0.2, -0.15) is 0 Å². The van der Waals surface area contributed by atoms with Gasteiger partial charge in [-0.1, -0.05) is 12.2 Å². The van der Waals surface area contributed by atoms with Crippen molar-refractivity contribution in [3.8, 4) is 0 Å². The number of hydrogen-bond acceptors (Lipinski definition) is 2. The molecule has 0 N–H and O–H groups in total. The van der Waals surface area contributed by atoms with Crippen LogP contribution in [0.4, 0.5) is 8.78 Å². The molecule has 0 atom stereocenters. The van der Waals surface area contributed by atoms with Gasteiger partial charge < -0.3 is 4.74 Å². The normalized spacial score (nSPS) is 17.7. The van der Waals surface area contributed by atoms with Gasteiger partial charge in [-0.3, -0.25) is 0 Å². The molecule has 0 aromatic rings. The van der Waals surface area contributed by atoms with Gasteiger partial charge >= 0.3 is 6.43 Å². The van der Waals surface area contributed by atoms with E-state index in [-0.39, 0.29) is 6.10 Å². The second-order valence-electron chi connectivity index (χ2n) is 2.30. The summed E-state index contributed by atoms with van der Waals surface area (Å²) in [5.41, 5.74) is 0. The first-order valence-electron chi connectivity index (χ1n) is 3.34. The highest BCUT2D eigenvalue weighted by atomic mass is 32.1. The van der Waals surface area contributed by atoms with Crippen molar-refractivity contribution in [1.29, 1.82) is 0 Å². The van der Waals surface area contributed by atoms with E-state index >= 15 is 0 Å². The highest BCUT2D eigenvalue weighted by Crippen LogP contribution is 2.15. The van der Waals surface area contributed by atoms with Gasteiger partial charge in [0, 0.05) is 12.8 Å². The highest BCUT2D eigenvalue weighted by Gasteiger charge is 2.18. The molecule has 0 aromatic heterocycles. The van der Waals surface area contributed by atoms with Gasteiger partial charge in [0.05, 0.1) is 0 Å². The van der Waals surface area contributed by atoms with Gasteiger partial charge in [-0.25, -0.2) is 8.78 Å². The molecule has 0 bridgehead atoms. The molecule has 0 aliphatic heterocycles. The Morgan fingerprint density at radius 3 is 2.45 bits per heavy atom. The number of alkyl halides is 2. The third-order valence-electron chi connectivity index (χ3n) is 1.43. The van der Waals surface area contributed by atoms with Crippen molar-refractivity contribution in [3.63, 3.8) is 0 Å². The van der Waals surface area contributed by atoms with E-state index in [9.17, 15) is 8.78 Å². The molecule has 0 fully saturated rings. The second-order valence-corrected chi connectivity index (χ2v) is 2.70. The Kier molecular flexibility index (Phi) is 2.93. The zero-order valence-corrected chi connectivity index (χ0v) is 6.61. The largest absolute Gasteiger partial charge is 0.478 e. The lowest BCUT2D eigenvalue weighted by Crippen LogP contribution is -2.19. The Morgan fingerprint density at radius 1 is 1.45 bits per heavy atom. The second kappa shape index (κ2) is 3.76. The average Bonchev–Trinajstić information content (AvgIpc) is 2.39. The molecule has 1 rings (SSSR count). The molecule has 0 spiro atoms. The zero-order chi connectivity index (χ0) is 8.27. The zero-order valence-electron chi connectivity index (χ0n) is 5.80. The molecule has 1 nitrogen and oxygen atoms in total. The highest BCUT2D eigenvalue weighted by molar-refractivity contribution is 7.80. The molecule has 0 heterocycles. The quantitative estimate of drug-likeness (QED) is 0.474. The summed E-state index contributed by atoms with van der Waals surface area (Å²) >= 11 is 4.31. The van der Waals surface area contributed by atoms with Crippen LogP contribution in [0.25, 0.3) is 0 Å². The van der Waals surface area contributed by atoms with Crippen LogP contribution in [0.15, 0.2) is 12.2 Å². The Balaban J connectivity index is 2.25. The van der Waals surface area contributed by atoms with Crippen molar-refractivity contribution < 1.29 is 13.5 Å². The maximum Gasteiger partial charge on any atom is 0.305 e. The predicted molar refractivity (Wildman–Crippen MR) is 41.8 cm³/mol. The summed E-state index contributed by atoms with van der Waals surface area (Å²) < 4.78 is 28.4. The van der Waals surface area contributed by atoms with E-state index in [1.807, 2.05) is 12.2 Å². The van der Waals surface area contributed by atoms with Crippen LogP contribution in [-0.4, -0.2) is 17.6 Å². The van der Waals surface area contributed by atoms with Crippen LogP contribution in [0.3, 0.4) is 0 Å². The van der Waals surface area contributed by atoms with Gasteiger partial charge in [0.25, 0.3) is 0 Å². The number of thiocarbonyl (C=S) groups is 1. The van der Waals surface area contributed by atoms with Crippen molar-refractivity contribution in [2.45, 2.75) is 25.4 Å². The lowest BCUT2D eigenvalue weighted by molar-refractivity contribution is 0.138. The molecule has 0 saturated carbocycles. The number of hydrogen-bond donors (Lipinski definition) is 0. The molecule has 0 aromatic carbocycles. The molecule has 0 unspecified atom stereocenters. The third kappa shape index (κ3) is 2.54. The number of ether oxygens (including phenoxy) is 1. The molecule has 62 valence electrons. The number of halogens is 2. The van der Waals surface area contributed by atoms with Crippen molar-refractivity contribution in [2.75, 3.05) is 0 Å². The molecule has 0 amide bonds. The standard InChI is InChI=1S/C7H8F2OS/c8-6(9)7(11)10-5-3-1-2-4-5/h1-2,5-6H,3-4H2. The Bertz CT molecular complexity index is 171. The molecule has 0 radical (unpaired) electrons. The topological polar surface area (TPSA) is 9.23 Å². The first-order chi connectivity index (χ1) is 5.20. The van der Waals surface area contributed by atoms with Crippen LogP contribution in [-0.2, 0) is 4.74 Å². The van der Waals surface area contributed by atoms with Crippen LogP contribution < -0.4 is 0 Å². The summed E-state index contributed by atoms with van der Waals surface area (Å²) in [7, 11) is 0. The summed E-state index contributed by atoms with van der Waals surface area (Å²) in [6.07, 6.45) is 2.39. The van der Waals surface area contributed by atoms with E-state index in [4.69, 9.17) is 4.74 Å². The fourth-order valence-electron chi connectivity index (χ4n) is 0.904. The Morgan fingerprint density at radius 2 is 2.00 bits per heavy atom. The van der Waals surface area contributed by atoms with Gasteiger partial charge in [0.2, 0.25) is 5.05 Å². The van der Waals surface area contributed by atoms with Crippen molar-refractivity contribution in [2.24, 2.45) is 0 Å². The van der Waals surface area contributed by atoms with Gasteiger partial charge in [-0.15, -0.1) is 0 Å². The first kappa shape index (κ1) is 8.59. The van der Waals surface area contributed by atoms with Gasteiger partial charge in [0.15, 0.2) is 0 Å².